The molecule has 0 spiro atoms. The molecule has 2 aromatic rings. The summed E-state index contributed by atoms with van der Waals surface area (Å²) >= 11 is 5.93. The molecule has 1 aromatic heterocycles. The maximum atomic E-state index is 8.68. The maximum Gasteiger partial charge on any atom is 0.119 e. The van der Waals surface area contributed by atoms with Crippen LogP contribution in [0.1, 0.15) is 17.7 Å². The van der Waals surface area contributed by atoms with Crippen molar-refractivity contribution in [1.29, 1.82) is 5.26 Å². The molecule has 0 aliphatic heterocycles. The van der Waals surface area contributed by atoms with Crippen molar-refractivity contribution in [2.45, 2.75) is 19.9 Å². The van der Waals surface area contributed by atoms with Gasteiger partial charge in [-0.3, -0.25) is 4.68 Å². The molecular formula is C14H14ClN3O. The van der Waals surface area contributed by atoms with E-state index >= 15 is 0 Å². The minimum Gasteiger partial charge on any atom is -0.494 e. The van der Waals surface area contributed by atoms with Crippen LogP contribution in [-0.4, -0.2) is 16.4 Å². The third-order valence-electron chi connectivity index (χ3n) is 2.67. The van der Waals surface area contributed by atoms with Crippen LogP contribution in [-0.2, 0) is 6.54 Å². The first-order chi connectivity index (χ1) is 9.19. The lowest BCUT2D eigenvalue weighted by atomic mass is 10.2. The molecule has 0 fully saturated rings. The van der Waals surface area contributed by atoms with Crippen LogP contribution in [0.25, 0.3) is 0 Å². The lowest BCUT2D eigenvalue weighted by Gasteiger charge is -2.06. The van der Waals surface area contributed by atoms with Gasteiger partial charge < -0.3 is 4.74 Å². The molecule has 1 aromatic carbocycles. The van der Waals surface area contributed by atoms with E-state index in [4.69, 9.17) is 21.6 Å². The lowest BCUT2D eigenvalue weighted by molar-refractivity contribution is 0.298. The van der Waals surface area contributed by atoms with E-state index in [-0.39, 0.29) is 0 Å². The Bertz CT molecular complexity index is 564. The smallest absolute Gasteiger partial charge is 0.119 e. The number of nitriles is 1. The summed E-state index contributed by atoms with van der Waals surface area (Å²) in [6.45, 7) is 3.25. The van der Waals surface area contributed by atoms with Crippen molar-refractivity contribution in [1.82, 2.24) is 9.78 Å². The molecule has 0 radical (unpaired) electrons. The maximum absolute atomic E-state index is 8.68. The second kappa shape index (κ2) is 6.26. The van der Waals surface area contributed by atoms with Crippen LogP contribution >= 0.6 is 11.6 Å². The highest BCUT2D eigenvalue weighted by atomic mass is 35.5. The van der Waals surface area contributed by atoms with Crippen molar-refractivity contribution >= 4 is 11.6 Å². The number of rotatable bonds is 5. The van der Waals surface area contributed by atoms with Gasteiger partial charge in [0, 0.05) is 19.2 Å². The normalized spacial score (nSPS) is 10.2. The first-order valence-electron chi connectivity index (χ1n) is 6.01. The summed E-state index contributed by atoms with van der Waals surface area (Å²) in [6, 6.07) is 9.15. The lowest BCUT2D eigenvalue weighted by Crippen LogP contribution is -2.05. The average molecular weight is 276 g/mol. The fourth-order valence-electron chi connectivity index (χ4n) is 1.65. The minimum atomic E-state index is 0.600. The molecule has 98 valence electrons. The SMILES string of the molecule is Cc1nn(CCCOc2ccc(C#N)cc2)cc1Cl. The predicted octanol–water partition coefficient (Wildman–Crippen LogP) is 3.19. The van der Waals surface area contributed by atoms with Crippen LogP contribution in [0, 0.1) is 18.3 Å². The van der Waals surface area contributed by atoms with Gasteiger partial charge in [-0.1, -0.05) is 11.6 Å². The molecule has 0 bridgehead atoms. The molecule has 4 nitrogen and oxygen atoms in total. The van der Waals surface area contributed by atoms with Gasteiger partial charge >= 0.3 is 0 Å². The predicted molar refractivity (Wildman–Crippen MR) is 73.2 cm³/mol. The van der Waals surface area contributed by atoms with Crippen LogP contribution in [0.3, 0.4) is 0 Å². The van der Waals surface area contributed by atoms with Crippen LogP contribution in [0.2, 0.25) is 5.02 Å². The highest BCUT2D eigenvalue weighted by Crippen LogP contribution is 2.13. The van der Waals surface area contributed by atoms with Crippen molar-refractivity contribution in [3.05, 3.63) is 46.7 Å². The van der Waals surface area contributed by atoms with Crippen molar-refractivity contribution in [3.63, 3.8) is 0 Å². The Morgan fingerprint density at radius 2 is 2.11 bits per heavy atom. The molecule has 19 heavy (non-hydrogen) atoms. The van der Waals surface area contributed by atoms with Gasteiger partial charge in [-0.2, -0.15) is 10.4 Å². The highest BCUT2D eigenvalue weighted by Gasteiger charge is 2.01. The van der Waals surface area contributed by atoms with Gasteiger partial charge in [-0.25, -0.2) is 0 Å². The van der Waals surface area contributed by atoms with E-state index in [0.717, 1.165) is 24.4 Å². The zero-order valence-corrected chi connectivity index (χ0v) is 11.4. The molecule has 0 saturated carbocycles. The number of aryl methyl sites for hydroxylation is 2. The molecule has 0 N–H and O–H groups in total. The van der Waals surface area contributed by atoms with E-state index in [2.05, 4.69) is 11.2 Å². The Morgan fingerprint density at radius 1 is 1.37 bits per heavy atom. The monoisotopic (exact) mass is 275 g/mol. The van der Waals surface area contributed by atoms with Crippen molar-refractivity contribution < 1.29 is 4.74 Å². The summed E-state index contributed by atoms with van der Waals surface area (Å²) in [7, 11) is 0. The van der Waals surface area contributed by atoms with Crippen molar-refractivity contribution in [3.8, 4) is 11.8 Å². The number of hydrogen-bond acceptors (Lipinski definition) is 3. The summed E-state index contributed by atoms with van der Waals surface area (Å²) in [5.41, 5.74) is 1.48. The third kappa shape index (κ3) is 3.73. The number of ether oxygens (including phenoxy) is 1. The van der Waals surface area contributed by atoms with E-state index in [1.54, 1.807) is 24.3 Å². The summed E-state index contributed by atoms with van der Waals surface area (Å²) < 4.78 is 7.40. The fraction of sp³-hybridized carbons (Fsp3) is 0.286. The van der Waals surface area contributed by atoms with Gasteiger partial charge in [-0.05, 0) is 31.2 Å². The standard InChI is InChI=1S/C14H14ClN3O/c1-11-14(15)10-18(17-11)7-2-8-19-13-5-3-12(9-16)4-6-13/h3-6,10H,2,7-8H2,1H3. The molecule has 0 amide bonds. The fourth-order valence-corrected chi connectivity index (χ4v) is 1.80. The van der Waals surface area contributed by atoms with E-state index in [1.165, 1.54) is 0 Å². The quantitative estimate of drug-likeness (QED) is 0.788. The van der Waals surface area contributed by atoms with E-state index < -0.39 is 0 Å². The Balaban J connectivity index is 1.76. The summed E-state index contributed by atoms with van der Waals surface area (Å²) in [5, 5.41) is 13.6. The van der Waals surface area contributed by atoms with Crippen molar-refractivity contribution in [2.24, 2.45) is 0 Å². The molecule has 0 aliphatic rings. The highest BCUT2D eigenvalue weighted by molar-refractivity contribution is 6.31. The van der Waals surface area contributed by atoms with Gasteiger partial charge in [0.05, 0.1) is 29.0 Å². The van der Waals surface area contributed by atoms with E-state index in [9.17, 15) is 0 Å². The Hall–Kier alpha value is -1.99. The molecule has 0 atom stereocenters. The minimum absolute atomic E-state index is 0.600. The Morgan fingerprint density at radius 3 is 2.68 bits per heavy atom. The van der Waals surface area contributed by atoms with Gasteiger partial charge in [0.1, 0.15) is 5.75 Å². The number of benzene rings is 1. The van der Waals surface area contributed by atoms with Crippen LogP contribution < -0.4 is 4.74 Å². The second-order valence-corrected chi connectivity index (χ2v) is 4.57. The molecular weight excluding hydrogens is 262 g/mol. The third-order valence-corrected chi connectivity index (χ3v) is 3.04. The van der Waals surface area contributed by atoms with Gasteiger partial charge in [0.15, 0.2) is 0 Å². The number of nitrogens with zero attached hydrogens (tertiary/aromatic N) is 3. The molecule has 2 rings (SSSR count). The zero-order valence-electron chi connectivity index (χ0n) is 10.6. The Kier molecular flexibility index (Phi) is 4.43. The van der Waals surface area contributed by atoms with Crippen LogP contribution in [0.4, 0.5) is 0 Å². The van der Waals surface area contributed by atoms with Crippen molar-refractivity contribution in [2.75, 3.05) is 6.61 Å². The number of halogens is 1. The molecule has 5 heteroatoms. The second-order valence-electron chi connectivity index (χ2n) is 4.16. The molecule has 0 unspecified atom stereocenters. The van der Waals surface area contributed by atoms with Crippen LogP contribution in [0.5, 0.6) is 5.75 Å². The average Bonchev–Trinajstić information content (AvgIpc) is 2.74. The Labute approximate surface area is 117 Å². The molecule has 1 heterocycles. The van der Waals surface area contributed by atoms with Gasteiger partial charge in [0.2, 0.25) is 0 Å². The molecule has 0 saturated heterocycles. The largest absolute Gasteiger partial charge is 0.494 e. The van der Waals surface area contributed by atoms with E-state index in [1.807, 2.05) is 17.8 Å². The molecule has 0 aliphatic carbocycles. The summed E-state index contributed by atoms with van der Waals surface area (Å²) in [6.07, 6.45) is 2.66. The van der Waals surface area contributed by atoms with E-state index in [0.29, 0.717) is 17.2 Å². The first kappa shape index (κ1) is 13.4. The first-order valence-corrected chi connectivity index (χ1v) is 6.39. The topological polar surface area (TPSA) is 50.8 Å². The summed E-state index contributed by atoms with van der Waals surface area (Å²) in [4.78, 5) is 0. The number of aromatic nitrogens is 2. The van der Waals surface area contributed by atoms with Crippen LogP contribution in [0.15, 0.2) is 30.5 Å². The van der Waals surface area contributed by atoms with Gasteiger partial charge in [0.25, 0.3) is 0 Å². The zero-order chi connectivity index (χ0) is 13.7. The summed E-state index contributed by atoms with van der Waals surface area (Å²) in [5.74, 6) is 0.772. The van der Waals surface area contributed by atoms with Gasteiger partial charge in [-0.15, -0.1) is 0 Å². The number of hydrogen-bond donors (Lipinski definition) is 0.